The van der Waals surface area contributed by atoms with Crippen LogP contribution in [0.15, 0.2) is 48.5 Å². The first-order valence-corrected chi connectivity index (χ1v) is 6.58. The van der Waals surface area contributed by atoms with E-state index >= 15 is 0 Å². The van der Waals surface area contributed by atoms with Crippen LogP contribution >= 0.6 is 11.6 Å². The van der Waals surface area contributed by atoms with Gasteiger partial charge in [0.05, 0.1) is 16.6 Å². The lowest BCUT2D eigenvalue weighted by atomic mass is 10.2. The quantitative estimate of drug-likeness (QED) is 0.455. The molecule has 0 atom stereocenters. The zero-order valence-electron chi connectivity index (χ0n) is 10.4. The number of halogens is 1. The third-order valence-corrected chi connectivity index (χ3v) is 3.79. The molecule has 0 amide bonds. The summed E-state index contributed by atoms with van der Waals surface area (Å²) >= 11 is 6.12. The summed E-state index contributed by atoms with van der Waals surface area (Å²) in [5.41, 5.74) is 3.33. The van der Waals surface area contributed by atoms with E-state index < -0.39 is 0 Å². The molecule has 0 saturated heterocycles. The standard InChI is InChI=1S/C16H11ClN2/c1-10-18-14-7-6-12(17)9-13(14)16-8-11-4-2-3-5-15(11)19(10)16/h2-9H,1H3. The van der Waals surface area contributed by atoms with Gasteiger partial charge in [0.1, 0.15) is 5.82 Å². The summed E-state index contributed by atoms with van der Waals surface area (Å²) in [5, 5.41) is 3.06. The van der Waals surface area contributed by atoms with Crippen LogP contribution in [0.25, 0.3) is 27.3 Å². The van der Waals surface area contributed by atoms with Gasteiger partial charge in [-0.05, 0) is 37.3 Å². The van der Waals surface area contributed by atoms with E-state index in [4.69, 9.17) is 11.6 Å². The number of para-hydroxylation sites is 1. The van der Waals surface area contributed by atoms with Crippen LogP contribution in [0, 0.1) is 6.92 Å². The van der Waals surface area contributed by atoms with E-state index in [-0.39, 0.29) is 0 Å². The predicted molar refractivity (Wildman–Crippen MR) is 80.0 cm³/mol. The fourth-order valence-corrected chi connectivity index (χ4v) is 2.91. The molecule has 0 aliphatic rings. The van der Waals surface area contributed by atoms with Crippen LogP contribution in [0.3, 0.4) is 0 Å². The van der Waals surface area contributed by atoms with Crippen molar-refractivity contribution < 1.29 is 0 Å². The summed E-state index contributed by atoms with van der Waals surface area (Å²) in [6.45, 7) is 2.04. The van der Waals surface area contributed by atoms with Gasteiger partial charge in [-0.15, -0.1) is 0 Å². The van der Waals surface area contributed by atoms with Crippen LogP contribution in [0.2, 0.25) is 5.02 Å². The number of aryl methyl sites for hydroxylation is 1. The Balaban J connectivity index is 2.35. The van der Waals surface area contributed by atoms with Crippen LogP contribution in [-0.2, 0) is 0 Å². The van der Waals surface area contributed by atoms with E-state index in [0.717, 1.165) is 27.3 Å². The van der Waals surface area contributed by atoms with E-state index in [0.29, 0.717) is 0 Å². The molecule has 0 unspecified atom stereocenters. The maximum Gasteiger partial charge on any atom is 0.111 e. The Bertz CT molecular complexity index is 938. The van der Waals surface area contributed by atoms with E-state index in [1.807, 2.05) is 25.1 Å². The SMILES string of the molecule is Cc1nc2ccc(Cl)cc2c2cc3ccccc3n12. The molecule has 2 aromatic heterocycles. The molecule has 4 aromatic rings. The monoisotopic (exact) mass is 266 g/mol. The molecule has 19 heavy (non-hydrogen) atoms. The minimum Gasteiger partial charge on any atom is -0.297 e. The number of hydrogen-bond acceptors (Lipinski definition) is 1. The predicted octanol–water partition coefficient (Wildman–Crippen LogP) is 4.60. The first-order chi connectivity index (χ1) is 9.24. The average molecular weight is 267 g/mol. The Hall–Kier alpha value is -2.06. The molecule has 4 rings (SSSR count). The number of aromatic nitrogens is 2. The fourth-order valence-electron chi connectivity index (χ4n) is 2.74. The number of hydrogen-bond donors (Lipinski definition) is 0. The van der Waals surface area contributed by atoms with Gasteiger partial charge in [0.2, 0.25) is 0 Å². The van der Waals surface area contributed by atoms with Crippen molar-refractivity contribution in [2.45, 2.75) is 6.92 Å². The Morgan fingerprint density at radius 2 is 1.84 bits per heavy atom. The normalized spacial score (nSPS) is 11.7. The van der Waals surface area contributed by atoms with Crippen molar-refractivity contribution in [2.75, 3.05) is 0 Å². The molecule has 0 N–H and O–H groups in total. The smallest absolute Gasteiger partial charge is 0.111 e. The van der Waals surface area contributed by atoms with Gasteiger partial charge in [0.15, 0.2) is 0 Å². The van der Waals surface area contributed by atoms with E-state index in [1.54, 1.807) is 0 Å². The molecule has 0 aliphatic heterocycles. The molecule has 0 radical (unpaired) electrons. The Morgan fingerprint density at radius 3 is 2.74 bits per heavy atom. The lowest BCUT2D eigenvalue weighted by Crippen LogP contribution is -1.96. The summed E-state index contributed by atoms with van der Waals surface area (Å²) in [5.74, 6) is 0.992. The second-order valence-corrected chi connectivity index (χ2v) is 5.18. The number of nitrogens with zero attached hydrogens (tertiary/aromatic N) is 2. The van der Waals surface area contributed by atoms with E-state index in [1.165, 1.54) is 10.9 Å². The third-order valence-electron chi connectivity index (χ3n) is 3.55. The summed E-state index contributed by atoms with van der Waals surface area (Å²) in [6, 6.07) is 16.4. The maximum absolute atomic E-state index is 6.12. The molecule has 0 spiro atoms. The highest BCUT2D eigenvalue weighted by atomic mass is 35.5. The molecule has 0 aliphatic carbocycles. The molecular weight excluding hydrogens is 256 g/mol. The Labute approximate surface area is 115 Å². The molecule has 2 heterocycles. The second kappa shape index (κ2) is 3.72. The van der Waals surface area contributed by atoms with E-state index in [9.17, 15) is 0 Å². The Kier molecular flexibility index (Phi) is 2.12. The van der Waals surface area contributed by atoms with Crippen LogP contribution < -0.4 is 0 Å². The van der Waals surface area contributed by atoms with Crippen LogP contribution in [-0.4, -0.2) is 9.38 Å². The summed E-state index contributed by atoms with van der Waals surface area (Å²) in [7, 11) is 0. The minimum absolute atomic E-state index is 0.741. The first-order valence-electron chi connectivity index (χ1n) is 6.20. The average Bonchev–Trinajstić information content (AvgIpc) is 2.80. The maximum atomic E-state index is 6.12. The van der Waals surface area contributed by atoms with Crippen molar-refractivity contribution in [2.24, 2.45) is 0 Å². The fraction of sp³-hybridized carbons (Fsp3) is 0.0625. The van der Waals surface area contributed by atoms with Gasteiger partial charge in [-0.1, -0.05) is 29.8 Å². The first kappa shape index (κ1) is 10.8. The highest BCUT2D eigenvalue weighted by Gasteiger charge is 2.09. The minimum atomic E-state index is 0.741. The van der Waals surface area contributed by atoms with Gasteiger partial charge in [-0.2, -0.15) is 0 Å². The third kappa shape index (κ3) is 1.47. The highest BCUT2D eigenvalue weighted by molar-refractivity contribution is 6.31. The number of fused-ring (bicyclic) bond motifs is 5. The summed E-state index contributed by atoms with van der Waals surface area (Å²) in [6.07, 6.45) is 0. The molecule has 92 valence electrons. The second-order valence-electron chi connectivity index (χ2n) is 4.74. The van der Waals surface area contributed by atoms with Crippen molar-refractivity contribution in [1.82, 2.24) is 9.38 Å². The molecule has 2 nitrogen and oxygen atoms in total. The van der Waals surface area contributed by atoms with Gasteiger partial charge in [-0.25, -0.2) is 4.98 Å². The van der Waals surface area contributed by atoms with Crippen LogP contribution in [0.1, 0.15) is 5.82 Å². The summed E-state index contributed by atoms with van der Waals surface area (Å²) in [4.78, 5) is 4.67. The molecule has 3 heteroatoms. The van der Waals surface area contributed by atoms with Crippen LogP contribution in [0.4, 0.5) is 0 Å². The molecule has 0 bridgehead atoms. The van der Waals surface area contributed by atoms with Crippen molar-refractivity contribution in [1.29, 1.82) is 0 Å². The van der Waals surface area contributed by atoms with Crippen molar-refractivity contribution in [3.05, 3.63) is 59.4 Å². The molecule has 0 saturated carbocycles. The zero-order chi connectivity index (χ0) is 13.0. The topological polar surface area (TPSA) is 17.3 Å². The van der Waals surface area contributed by atoms with Crippen molar-refractivity contribution >= 4 is 38.9 Å². The van der Waals surface area contributed by atoms with Gasteiger partial charge in [0.25, 0.3) is 0 Å². The summed E-state index contributed by atoms with van der Waals surface area (Å²) < 4.78 is 2.19. The van der Waals surface area contributed by atoms with Gasteiger partial charge in [-0.3, -0.25) is 4.40 Å². The van der Waals surface area contributed by atoms with Crippen LogP contribution in [0.5, 0.6) is 0 Å². The Morgan fingerprint density at radius 1 is 1.00 bits per heavy atom. The van der Waals surface area contributed by atoms with Gasteiger partial charge < -0.3 is 0 Å². The van der Waals surface area contributed by atoms with Crippen molar-refractivity contribution in [3.8, 4) is 0 Å². The highest BCUT2D eigenvalue weighted by Crippen LogP contribution is 2.28. The van der Waals surface area contributed by atoms with Gasteiger partial charge in [0, 0.05) is 15.8 Å². The van der Waals surface area contributed by atoms with E-state index in [2.05, 4.69) is 39.7 Å². The number of rotatable bonds is 0. The molecule has 2 aromatic carbocycles. The van der Waals surface area contributed by atoms with Gasteiger partial charge >= 0.3 is 0 Å². The number of benzene rings is 2. The molecule has 0 fully saturated rings. The van der Waals surface area contributed by atoms with Crippen molar-refractivity contribution in [3.63, 3.8) is 0 Å². The lowest BCUT2D eigenvalue weighted by Gasteiger charge is -2.06. The molecular formula is C16H11ClN2. The zero-order valence-corrected chi connectivity index (χ0v) is 11.1. The largest absolute Gasteiger partial charge is 0.297 e. The lowest BCUT2D eigenvalue weighted by molar-refractivity contribution is 1.05.